The molecule has 1 saturated carbocycles. The Morgan fingerprint density at radius 1 is 1.56 bits per heavy atom. The summed E-state index contributed by atoms with van der Waals surface area (Å²) >= 11 is 0. The molecule has 0 aromatic heterocycles. The highest BCUT2D eigenvalue weighted by Gasteiger charge is 2.58. The molecular formula is C12H23N3O. The molecule has 1 heterocycles. The van der Waals surface area contributed by atoms with Gasteiger partial charge >= 0.3 is 0 Å². The molecule has 2 fully saturated rings. The first-order valence-electron chi connectivity index (χ1n) is 6.21. The minimum Gasteiger partial charge on any atom is -0.323 e. The van der Waals surface area contributed by atoms with Gasteiger partial charge in [0.05, 0.1) is 11.7 Å². The number of carbonyl (C=O) groups is 1. The summed E-state index contributed by atoms with van der Waals surface area (Å²) in [5.41, 5.74) is -0.161. The largest absolute Gasteiger partial charge is 0.323 e. The standard InChI is InChI=1S/C12H23N3O/c1-9(5-8-14(3)4)15-10(2)13-12(6-7-12)11(15)16/h9-10,13H,5-8H2,1-4H3. The van der Waals surface area contributed by atoms with Crippen molar-refractivity contribution in [3.05, 3.63) is 0 Å². The van der Waals surface area contributed by atoms with Crippen molar-refractivity contribution in [1.82, 2.24) is 15.1 Å². The van der Waals surface area contributed by atoms with E-state index in [0.717, 1.165) is 25.8 Å². The maximum absolute atomic E-state index is 12.2. The lowest BCUT2D eigenvalue weighted by Crippen LogP contribution is -2.42. The van der Waals surface area contributed by atoms with Crippen LogP contribution >= 0.6 is 0 Å². The van der Waals surface area contributed by atoms with Crippen molar-refractivity contribution < 1.29 is 4.79 Å². The molecule has 1 aliphatic heterocycles. The van der Waals surface area contributed by atoms with E-state index in [2.05, 4.69) is 38.2 Å². The Morgan fingerprint density at radius 3 is 2.62 bits per heavy atom. The van der Waals surface area contributed by atoms with E-state index >= 15 is 0 Å². The van der Waals surface area contributed by atoms with Gasteiger partial charge in [0, 0.05) is 6.04 Å². The minimum atomic E-state index is -0.161. The molecule has 1 amide bonds. The van der Waals surface area contributed by atoms with Crippen molar-refractivity contribution >= 4 is 5.91 Å². The third-order valence-corrected chi connectivity index (χ3v) is 3.77. The van der Waals surface area contributed by atoms with Crippen molar-refractivity contribution in [2.24, 2.45) is 0 Å². The molecular weight excluding hydrogens is 202 g/mol. The maximum Gasteiger partial charge on any atom is 0.244 e. The van der Waals surface area contributed by atoms with Crippen LogP contribution < -0.4 is 5.32 Å². The Bertz CT molecular complexity index is 286. The minimum absolute atomic E-state index is 0.161. The molecule has 0 bridgehead atoms. The van der Waals surface area contributed by atoms with Gasteiger partial charge in [0.1, 0.15) is 0 Å². The molecule has 0 aromatic carbocycles. The summed E-state index contributed by atoms with van der Waals surface area (Å²) in [5.74, 6) is 0.325. The zero-order valence-corrected chi connectivity index (χ0v) is 10.8. The van der Waals surface area contributed by atoms with Crippen LogP contribution in [0.5, 0.6) is 0 Å². The van der Waals surface area contributed by atoms with E-state index < -0.39 is 0 Å². The van der Waals surface area contributed by atoms with E-state index in [-0.39, 0.29) is 11.7 Å². The zero-order valence-electron chi connectivity index (χ0n) is 10.8. The second-order valence-electron chi connectivity index (χ2n) is 5.56. The average Bonchev–Trinajstić information content (AvgIpc) is 2.90. The van der Waals surface area contributed by atoms with E-state index in [1.165, 1.54) is 0 Å². The number of hydrogen-bond acceptors (Lipinski definition) is 3. The van der Waals surface area contributed by atoms with E-state index in [9.17, 15) is 4.79 Å². The van der Waals surface area contributed by atoms with E-state index in [1.54, 1.807) is 0 Å². The van der Waals surface area contributed by atoms with Crippen LogP contribution in [-0.2, 0) is 4.79 Å². The fourth-order valence-electron chi connectivity index (χ4n) is 2.60. The summed E-state index contributed by atoms with van der Waals surface area (Å²) in [4.78, 5) is 16.4. The maximum atomic E-state index is 12.2. The Labute approximate surface area is 98.0 Å². The molecule has 1 aliphatic carbocycles. The fourth-order valence-corrected chi connectivity index (χ4v) is 2.60. The first-order valence-corrected chi connectivity index (χ1v) is 6.21. The fraction of sp³-hybridized carbons (Fsp3) is 0.917. The number of rotatable bonds is 4. The normalized spacial score (nSPS) is 29.2. The van der Waals surface area contributed by atoms with Crippen LogP contribution in [0.1, 0.15) is 33.1 Å². The number of carbonyl (C=O) groups excluding carboxylic acids is 1. The van der Waals surface area contributed by atoms with Crippen LogP contribution in [-0.4, -0.2) is 54.1 Å². The molecule has 2 unspecified atom stereocenters. The van der Waals surface area contributed by atoms with Gasteiger partial charge in [0.25, 0.3) is 0 Å². The summed E-state index contributed by atoms with van der Waals surface area (Å²) in [6.07, 6.45) is 3.29. The summed E-state index contributed by atoms with van der Waals surface area (Å²) in [6, 6.07) is 0.331. The van der Waals surface area contributed by atoms with Crippen LogP contribution in [0.25, 0.3) is 0 Å². The van der Waals surface area contributed by atoms with Crippen molar-refractivity contribution in [3.8, 4) is 0 Å². The Kier molecular flexibility index (Phi) is 2.97. The summed E-state index contributed by atoms with van der Waals surface area (Å²) in [7, 11) is 4.14. The molecule has 1 N–H and O–H groups in total. The third-order valence-electron chi connectivity index (χ3n) is 3.77. The molecule has 92 valence electrons. The Balaban J connectivity index is 1.95. The third kappa shape index (κ3) is 1.96. The number of hydrogen-bond donors (Lipinski definition) is 1. The highest BCUT2D eigenvalue weighted by atomic mass is 16.2. The lowest BCUT2D eigenvalue weighted by molar-refractivity contribution is -0.132. The first-order chi connectivity index (χ1) is 7.46. The predicted octanol–water partition coefficient (Wildman–Crippen LogP) is 0.637. The van der Waals surface area contributed by atoms with Crippen LogP contribution in [0, 0.1) is 0 Å². The van der Waals surface area contributed by atoms with Gasteiger partial charge in [-0.2, -0.15) is 0 Å². The lowest BCUT2D eigenvalue weighted by atomic mass is 10.1. The molecule has 1 spiro atoms. The number of nitrogens with one attached hydrogen (secondary N) is 1. The topological polar surface area (TPSA) is 35.6 Å². The number of nitrogens with zero attached hydrogens (tertiary/aromatic N) is 2. The van der Waals surface area contributed by atoms with E-state index in [4.69, 9.17) is 0 Å². The van der Waals surface area contributed by atoms with Crippen molar-refractivity contribution in [3.63, 3.8) is 0 Å². The van der Waals surface area contributed by atoms with Gasteiger partial charge in [-0.1, -0.05) is 0 Å². The first kappa shape index (κ1) is 11.9. The monoisotopic (exact) mass is 225 g/mol. The molecule has 16 heavy (non-hydrogen) atoms. The van der Waals surface area contributed by atoms with Crippen LogP contribution in [0.3, 0.4) is 0 Å². The Hall–Kier alpha value is -0.610. The van der Waals surface area contributed by atoms with Gasteiger partial charge in [-0.05, 0) is 53.8 Å². The number of amides is 1. The van der Waals surface area contributed by atoms with Gasteiger partial charge in [0.15, 0.2) is 0 Å². The van der Waals surface area contributed by atoms with Crippen LogP contribution in [0.15, 0.2) is 0 Å². The van der Waals surface area contributed by atoms with E-state index in [0.29, 0.717) is 11.9 Å². The van der Waals surface area contributed by atoms with Gasteiger partial charge < -0.3 is 9.80 Å². The van der Waals surface area contributed by atoms with Gasteiger partial charge in [-0.15, -0.1) is 0 Å². The summed E-state index contributed by atoms with van der Waals surface area (Å²) in [5, 5.41) is 3.44. The molecule has 2 aliphatic rings. The predicted molar refractivity (Wildman–Crippen MR) is 64.0 cm³/mol. The Morgan fingerprint density at radius 2 is 2.19 bits per heavy atom. The molecule has 1 saturated heterocycles. The van der Waals surface area contributed by atoms with Crippen LogP contribution in [0.2, 0.25) is 0 Å². The summed E-state index contributed by atoms with van der Waals surface area (Å²) in [6.45, 7) is 5.28. The smallest absolute Gasteiger partial charge is 0.244 e. The van der Waals surface area contributed by atoms with Gasteiger partial charge in [-0.25, -0.2) is 0 Å². The molecule has 2 rings (SSSR count). The molecule has 2 atom stereocenters. The zero-order chi connectivity index (χ0) is 11.9. The second kappa shape index (κ2) is 4.00. The van der Waals surface area contributed by atoms with Crippen molar-refractivity contribution in [2.75, 3.05) is 20.6 Å². The van der Waals surface area contributed by atoms with Crippen molar-refractivity contribution in [1.29, 1.82) is 0 Å². The second-order valence-corrected chi connectivity index (χ2v) is 5.56. The lowest BCUT2D eigenvalue weighted by Gasteiger charge is -2.29. The summed E-state index contributed by atoms with van der Waals surface area (Å²) < 4.78 is 0. The molecule has 0 aromatic rings. The van der Waals surface area contributed by atoms with Gasteiger partial charge in [-0.3, -0.25) is 10.1 Å². The molecule has 0 radical (unpaired) electrons. The highest BCUT2D eigenvalue weighted by Crippen LogP contribution is 2.42. The highest BCUT2D eigenvalue weighted by molar-refractivity contribution is 5.92. The van der Waals surface area contributed by atoms with E-state index in [1.807, 2.05) is 4.90 Å². The van der Waals surface area contributed by atoms with Crippen LogP contribution in [0.4, 0.5) is 0 Å². The quantitative estimate of drug-likeness (QED) is 0.762. The molecule has 4 heteroatoms. The SMILES string of the molecule is CC(CCN(C)C)N1C(=O)C2(CC2)NC1C. The average molecular weight is 225 g/mol. The van der Waals surface area contributed by atoms with Gasteiger partial charge in [0.2, 0.25) is 5.91 Å². The van der Waals surface area contributed by atoms with Crippen molar-refractivity contribution in [2.45, 2.75) is 50.9 Å². The molecule has 4 nitrogen and oxygen atoms in total.